The van der Waals surface area contributed by atoms with Crippen molar-refractivity contribution in [1.29, 1.82) is 0 Å². The summed E-state index contributed by atoms with van der Waals surface area (Å²) in [6, 6.07) is 11.9. The highest BCUT2D eigenvalue weighted by atomic mass is 79.9. The van der Waals surface area contributed by atoms with E-state index in [1.165, 1.54) is 0 Å². The predicted molar refractivity (Wildman–Crippen MR) is 152 cm³/mol. The smallest absolute Gasteiger partial charge is 0.411 e. The Morgan fingerprint density at radius 2 is 1.95 bits per heavy atom. The minimum Gasteiger partial charge on any atom is -0.490 e. The summed E-state index contributed by atoms with van der Waals surface area (Å²) in [5.74, 6) is -0.454. The van der Waals surface area contributed by atoms with Gasteiger partial charge in [-0.1, -0.05) is 46.3 Å². The largest absolute Gasteiger partial charge is 0.490 e. The Morgan fingerprint density at radius 1 is 1.21 bits per heavy atom. The molecule has 2 aromatic carbocycles. The minimum atomic E-state index is -1.40. The van der Waals surface area contributed by atoms with E-state index in [4.69, 9.17) is 16.3 Å². The molecule has 0 spiro atoms. The molecule has 0 saturated carbocycles. The Labute approximate surface area is 236 Å². The lowest BCUT2D eigenvalue weighted by atomic mass is 10.1. The molecule has 3 rings (SSSR count). The maximum absolute atomic E-state index is 13.2. The van der Waals surface area contributed by atoms with Crippen LogP contribution < -0.4 is 20.7 Å². The maximum atomic E-state index is 13.2. The van der Waals surface area contributed by atoms with Crippen LogP contribution in [0.1, 0.15) is 20.8 Å². The summed E-state index contributed by atoms with van der Waals surface area (Å²) in [5, 5.41) is 16.9. The first kappa shape index (κ1) is 28.8. The number of halogens is 2. The number of carboxylic acid groups (broad SMARTS) is 1. The highest BCUT2D eigenvalue weighted by Crippen LogP contribution is 2.29. The summed E-state index contributed by atoms with van der Waals surface area (Å²) in [7, 11) is 0. The van der Waals surface area contributed by atoms with Crippen molar-refractivity contribution in [2.45, 2.75) is 13.5 Å². The summed E-state index contributed by atoms with van der Waals surface area (Å²) >= 11 is 10.5. The second kappa shape index (κ2) is 13.7. The fourth-order valence-electron chi connectivity index (χ4n) is 3.19. The first-order valence-electron chi connectivity index (χ1n) is 11.0. The van der Waals surface area contributed by atoms with Gasteiger partial charge >= 0.3 is 6.09 Å². The van der Waals surface area contributed by atoms with Gasteiger partial charge in [-0.05, 0) is 60.4 Å². The van der Waals surface area contributed by atoms with Crippen molar-refractivity contribution in [3.63, 3.8) is 0 Å². The van der Waals surface area contributed by atoms with Gasteiger partial charge in [0.25, 0.3) is 5.91 Å². The van der Waals surface area contributed by atoms with E-state index in [0.29, 0.717) is 45.3 Å². The standard InChI is InChI=1S/C25H23BrClN5O5S/c1-3-10-37-17-7-5-16(6-8-17)22-21(14(2)38-32-22)23(34)30-24(31-25(35)36)28-13-15-4-9-19(18(27)11-15)29-20(33)12-26/h3-9,11H,1,10,12-13H2,2H3,(H,29,33)(H,35,36)(H2,28,30,31,34). The summed E-state index contributed by atoms with van der Waals surface area (Å²) in [4.78, 5) is 41.0. The van der Waals surface area contributed by atoms with Crippen molar-refractivity contribution in [1.82, 2.24) is 15.0 Å². The quantitative estimate of drug-likeness (QED) is 0.112. The second-order valence-electron chi connectivity index (χ2n) is 7.63. The number of aryl methyl sites for hydroxylation is 1. The van der Waals surface area contributed by atoms with Crippen LogP contribution in [0.4, 0.5) is 10.5 Å². The average Bonchev–Trinajstić information content (AvgIpc) is 3.28. The van der Waals surface area contributed by atoms with Gasteiger partial charge in [0.05, 0.1) is 33.8 Å². The number of amides is 3. The van der Waals surface area contributed by atoms with E-state index < -0.39 is 12.0 Å². The highest BCUT2D eigenvalue weighted by Gasteiger charge is 2.21. The Morgan fingerprint density at radius 3 is 2.58 bits per heavy atom. The van der Waals surface area contributed by atoms with Crippen molar-refractivity contribution in [3.8, 4) is 17.0 Å². The SMILES string of the molecule is C=CCOc1ccc(-c2nsc(C)c2C(=O)NC(=NCc2ccc(NC(=O)CBr)c(Cl)c2)NC(=O)O)cc1. The van der Waals surface area contributed by atoms with Crippen LogP contribution >= 0.6 is 39.1 Å². The number of hydrogen-bond acceptors (Lipinski definition) is 7. The van der Waals surface area contributed by atoms with Crippen LogP contribution in [0, 0.1) is 6.92 Å². The lowest BCUT2D eigenvalue weighted by Gasteiger charge is -2.11. The number of benzene rings is 2. The lowest BCUT2D eigenvalue weighted by molar-refractivity contribution is -0.113. The molecule has 0 radical (unpaired) electrons. The highest BCUT2D eigenvalue weighted by molar-refractivity contribution is 9.09. The van der Waals surface area contributed by atoms with Crippen LogP contribution in [0.25, 0.3) is 11.3 Å². The molecule has 4 N–H and O–H groups in total. The Hall–Kier alpha value is -3.74. The van der Waals surface area contributed by atoms with Gasteiger partial charge in [-0.25, -0.2) is 9.79 Å². The topological polar surface area (TPSA) is 142 Å². The number of hydrogen-bond donors (Lipinski definition) is 4. The molecular formula is C25H23BrClN5O5S. The first-order chi connectivity index (χ1) is 18.2. The number of alkyl halides is 1. The number of nitrogens with zero attached hydrogens (tertiary/aromatic N) is 2. The molecule has 0 saturated heterocycles. The van der Waals surface area contributed by atoms with Crippen LogP contribution in [0.3, 0.4) is 0 Å². The van der Waals surface area contributed by atoms with Gasteiger partial charge in [0.2, 0.25) is 11.9 Å². The molecule has 0 aliphatic rings. The van der Waals surface area contributed by atoms with Gasteiger partial charge in [0.15, 0.2) is 0 Å². The van der Waals surface area contributed by atoms with E-state index in [-0.39, 0.29) is 28.8 Å². The van der Waals surface area contributed by atoms with E-state index >= 15 is 0 Å². The van der Waals surface area contributed by atoms with E-state index in [0.717, 1.165) is 11.5 Å². The molecule has 10 nitrogen and oxygen atoms in total. The van der Waals surface area contributed by atoms with Crippen LogP contribution in [-0.2, 0) is 11.3 Å². The number of aromatic nitrogens is 1. The Balaban J connectivity index is 1.79. The van der Waals surface area contributed by atoms with Crippen molar-refractivity contribution >= 4 is 68.6 Å². The third kappa shape index (κ3) is 7.88. The number of anilines is 1. The summed E-state index contributed by atoms with van der Waals surface area (Å²) in [6.07, 6.45) is 0.241. The lowest BCUT2D eigenvalue weighted by Crippen LogP contribution is -2.43. The van der Waals surface area contributed by atoms with Crippen LogP contribution in [-0.4, -0.2) is 45.3 Å². The van der Waals surface area contributed by atoms with Crippen LogP contribution in [0.15, 0.2) is 60.1 Å². The van der Waals surface area contributed by atoms with E-state index in [9.17, 15) is 19.5 Å². The number of carbonyl (C=O) groups excluding carboxylic acids is 2. The van der Waals surface area contributed by atoms with Gasteiger partial charge in [0, 0.05) is 10.4 Å². The molecule has 0 aliphatic carbocycles. The molecule has 198 valence electrons. The zero-order valence-corrected chi connectivity index (χ0v) is 23.2. The van der Waals surface area contributed by atoms with Gasteiger partial charge < -0.3 is 15.2 Å². The average molecular weight is 621 g/mol. The number of nitrogens with one attached hydrogen (secondary N) is 3. The third-order valence-electron chi connectivity index (χ3n) is 4.89. The van der Waals surface area contributed by atoms with Crippen LogP contribution in [0.2, 0.25) is 5.02 Å². The summed E-state index contributed by atoms with van der Waals surface area (Å²) < 4.78 is 9.90. The molecule has 0 unspecified atom stereocenters. The fourth-order valence-corrected chi connectivity index (χ4v) is 4.29. The predicted octanol–water partition coefficient (Wildman–Crippen LogP) is 5.22. The first-order valence-corrected chi connectivity index (χ1v) is 13.3. The number of rotatable bonds is 9. The zero-order valence-electron chi connectivity index (χ0n) is 20.1. The second-order valence-corrected chi connectivity index (χ2v) is 9.58. The number of guanidine groups is 1. The Kier molecular flexibility index (Phi) is 10.4. The molecule has 0 bridgehead atoms. The van der Waals surface area contributed by atoms with Crippen LogP contribution in [0.5, 0.6) is 5.75 Å². The monoisotopic (exact) mass is 619 g/mol. The van der Waals surface area contributed by atoms with Crippen molar-refractivity contribution in [3.05, 3.63) is 76.1 Å². The zero-order chi connectivity index (χ0) is 27.7. The number of aliphatic imine (C=N–C) groups is 1. The normalized spacial score (nSPS) is 11.0. The van der Waals surface area contributed by atoms with E-state index in [1.807, 2.05) is 0 Å². The Bertz CT molecular complexity index is 1380. The summed E-state index contributed by atoms with van der Waals surface area (Å²) in [5.41, 5.74) is 2.48. The molecule has 0 atom stereocenters. The molecule has 1 heterocycles. The van der Waals surface area contributed by atoms with Crippen molar-refractivity contribution < 1.29 is 24.2 Å². The van der Waals surface area contributed by atoms with Crippen molar-refractivity contribution in [2.24, 2.45) is 4.99 Å². The minimum absolute atomic E-state index is 0.00216. The van der Waals surface area contributed by atoms with Crippen molar-refractivity contribution in [2.75, 3.05) is 17.3 Å². The molecule has 0 aliphatic heterocycles. The van der Waals surface area contributed by atoms with E-state index in [1.54, 1.807) is 55.5 Å². The molecule has 13 heteroatoms. The van der Waals surface area contributed by atoms with E-state index in [2.05, 4.69) is 47.8 Å². The molecule has 0 fully saturated rings. The van der Waals surface area contributed by atoms with Gasteiger partial charge in [0.1, 0.15) is 12.4 Å². The molecule has 3 aromatic rings. The number of ether oxygens (including phenoxy) is 1. The fraction of sp³-hybridized carbons (Fsp3) is 0.160. The number of carbonyl (C=O) groups is 3. The third-order valence-corrected chi connectivity index (χ3v) is 6.47. The summed E-state index contributed by atoms with van der Waals surface area (Å²) in [6.45, 7) is 5.73. The molecular weight excluding hydrogens is 598 g/mol. The maximum Gasteiger partial charge on any atom is 0.411 e. The molecule has 3 amide bonds. The van der Waals surface area contributed by atoms with Gasteiger partial charge in [-0.3, -0.25) is 20.2 Å². The molecule has 38 heavy (non-hydrogen) atoms. The van der Waals surface area contributed by atoms with Gasteiger partial charge in [-0.2, -0.15) is 4.37 Å². The van der Waals surface area contributed by atoms with Gasteiger partial charge in [-0.15, -0.1) is 0 Å². The molecule has 1 aromatic heterocycles.